The van der Waals surface area contributed by atoms with Gasteiger partial charge in [-0.25, -0.2) is 4.39 Å². The normalized spacial score (nSPS) is 15.8. The summed E-state index contributed by atoms with van der Waals surface area (Å²) in [4.78, 5) is 28.3. The maximum absolute atomic E-state index is 13.3. The summed E-state index contributed by atoms with van der Waals surface area (Å²) in [6.07, 6.45) is 0. The average molecular weight is 402 g/mol. The summed E-state index contributed by atoms with van der Waals surface area (Å²) in [5, 5.41) is 2.92. The van der Waals surface area contributed by atoms with E-state index < -0.39 is 11.6 Å². The van der Waals surface area contributed by atoms with Gasteiger partial charge in [-0.3, -0.25) is 9.59 Å². The number of carbonyl (C=O) groups excluding carboxylic acids is 2. The van der Waals surface area contributed by atoms with Crippen LogP contribution in [0, 0.1) is 5.82 Å². The Kier molecular flexibility index (Phi) is 5.12. The Morgan fingerprint density at radius 3 is 2.30 bits per heavy atom. The molecule has 0 spiro atoms. The predicted molar refractivity (Wildman–Crippen MR) is 113 cm³/mol. The first kappa shape index (κ1) is 19.8. The molecule has 152 valence electrons. The van der Waals surface area contributed by atoms with Crippen molar-refractivity contribution in [3.63, 3.8) is 0 Å². The van der Waals surface area contributed by atoms with Crippen LogP contribution in [0.1, 0.15) is 46.9 Å². The van der Waals surface area contributed by atoms with Gasteiger partial charge in [0.25, 0.3) is 5.91 Å². The highest BCUT2D eigenvalue weighted by atomic mass is 19.1. The molecule has 1 unspecified atom stereocenters. The Balaban J connectivity index is 1.67. The third-order valence-electron chi connectivity index (χ3n) is 5.67. The molecule has 30 heavy (non-hydrogen) atoms. The van der Waals surface area contributed by atoms with E-state index >= 15 is 0 Å². The van der Waals surface area contributed by atoms with Gasteiger partial charge >= 0.3 is 0 Å². The van der Waals surface area contributed by atoms with Crippen molar-refractivity contribution in [3.8, 4) is 0 Å². The molecule has 3 aromatic rings. The number of halogens is 1. The van der Waals surface area contributed by atoms with Crippen molar-refractivity contribution < 1.29 is 14.0 Å². The lowest BCUT2D eigenvalue weighted by Crippen LogP contribution is -2.48. The van der Waals surface area contributed by atoms with E-state index in [1.807, 2.05) is 62.4 Å². The minimum atomic E-state index is -0.746. The van der Waals surface area contributed by atoms with Gasteiger partial charge in [0.1, 0.15) is 11.9 Å². The Bertz CT molecular complexity index is 1080. The van der Waals surface area contributed by atoms with Gasteiger partial charge in [-0.2, -0.15) is 0 Å². The van der Waals surface area contributed by atoms with Crippen LogP contribution >= 0.6 is 0 Å². The smallest absolute Gasteiger partial charge is 0.255 e. The number of benzene rings is 3. The van der Waals surface area contributed by atoms with E-state index in [1.165, 1.54) is 12.1 Å². The Hall–Kier alpha value is -3.47. The maximum Gasteiger partial charge on any atom is 0.255 e. The van der Waals surface area contributed by atoms with Gasteiger partial charge in [0.05, 0.1) is 5.54 Å². The molecule has 0 fully saturated rings. The van der Waals surface area contributed by atoms with Gasteiger partial charge in [-0.1, -0.05) is 60.7 Å². The quantitative estimate of drug-likeness (QED) is 0.679. The summed E-state index contributed by atoms with van der Waals surface area (Å²) in [5.74, 6) is -0.751. The number of hydrogen-bond acceptors (Lipinski definition) is 2. The molecule has 1 aliphatic heterocycles. The third kappa shape index (κ3) is 3.47. The molecule has 1 aliphatic rings. The number of nitrogens with zero attached hydrogens (tertiary/aromatic N) is 1. The second-order valence-corrected chi connectivity index (χ2v) is 7.93. The van der Waals surface area contributed by atoms with Crippen LogP contribution < -0.4 is 5.32 Å². The fourth-order valence-electron chi connectivity index (χ4n) is 4.02. The topological polar surface area (TPSA) is 49.4 Å². The van der Waals surface area contributed by atoms with Crippen LogP contribution in [0.4, 0.5) is 4.39 Å². The minimum absolute atomic E-state index is 0.165. The first-order valence-corrected chi connectivity index (χ1v) is 9.90. The average Bonchev–Trinajstić information content (AvgIpc) is 3.07. The van der Waals surface area contributed by atoms with E-state index in [1.54, 1.807) is 23.1 Å². The Morgan fingerprint density at radius 2 is 1.60 bits per heavy atom. The van der Waals surface area contributed by atoms with Gasteiger partial charge in [0.15, 0.2) is 0 Å². The van der Waals surface area contributed by atoms with Crippen molar-refractivity contribution in [1.82, 2.24) is 10.2 Å². The first-order valence-electron chi connectivity index (χ1n) is 9.90. The Morgan fingerprint density at radius 1 is 0.967 bits per heavy atom. The molecule has 0 radical (unpaired) electrons. The SMILES string of the molecule is CC(C)(c1ccccc1)N1C(=O)c2ccccc2C1C(=O)NCc1ccc(F)cc1. The molecular formula is C25H23FN2O2. The Labute approximate surface area is 175 Å². The number of nitrogens with one attached hydrogen (secondary N) is 1. The van der Waals surface area contributed by atoms with Crippen LogP contribution in [0.5, 0.6) is 0 Å². The van der Waals surface area contributed by atoms with Crippen molar-refractivity contribution in [1.29, 1.82) is 0 Å². The second kappa shape index (κ2) is 7.75. The lowest BCUT2D eigenvalue weighted by molar-refractivity contribution is -0.127. The molecule has 2 amide bonds. The zero-order valence-corrected chi connectivity index (χ0v) is 16.9. The second-order valence-electron chi connectivity index (χ2n) is 7.93. The summed E-state index contributed by atoms with van der Waals surface area (Å²) < 4.78 is 13.2. The molecule has 0 bridgehead atoms. The van der Waals surface area contributed by atoms with Crippen LogP contribution in [0.15, 0.2) is 78.9 Å². The zero-order chi connectivity index (χ0) is 21.3. The molecule has 4 nitrogen and oxygen atoms in total. The standard InChI is InChI=1S/C25H23FN2O2/c1-25(2,18-8-4-3-5-9-18)28-22(20-10-6-7-11-21(20)24(28)30)23(29)27-16-17-12-14-19(26)15-13-17/h3-15,22H,16H2,1-2H3,(H,27,29). The molecule has 4 rings (SSSR count). The molecule has 0 aliphatic carbocycles. The van der Waals surface area contributed by atoms with Crippen LogP contribution in [0.25, 0.3) is 0 Å². The zero-order valence-electron chi connectivity index (χ0n) is 16.9. The van der Waals surface area contributed by atoms with Crippen LogP contribution in [0.3, 0.4) is 0 Å². The molecule has 0 saturated heterocycles. The molecule has 0 aromatic heterocycles. The van der Waals surface area contributed by atoms with Gasteiger partial charge < -0.3 is 10.2 Å². The predicted octanol–water partition coefficient (Wildman–Crippen LogP) is 4.57. The summed E-state index contributed by atoms with van der Waals surface area (Å²) in [6.45, 7) is 4.16. The highest BCUT2D eigenvalue weighted by molar-refractivity contribution is 6.05. The lowest BCUT2D eigenvalue weighted by atomic mass is 9.90. The lowest BCUT2D eigenvalue weighted by Gasteiger charge is -2.40. The monoisotopic (exact) mass is 402 g/mol. The van der Waals surface area contributed by atoms with E-state index in [-0.39, 0.29) is 24.2 Å². The number of hydrogen-bond donors (Lipinski definition) is 1. The van der Waals surface area contributed by atoms with Gasteiger partial charge in [-0.15, -0.1) is 0 Å². The molecule has 3 aromatic carbocycles. The largest absolute Gasteiger partial charge is 0.350 e. The van der Waals surface area contributed by atoms with Crippen molar-refractivity contribution in [3.05, 3.63) is 107 Å². The van der Waals surface area contributed by atoms with Crippen LogP contribution in [-0.2, 0) is 16.9 Å². The highest BCUT2D eigenvalue weighted by Gasteiger charge is 2.48. The fourth-order valence-corrected chi connectivity index (χ4v) is 4.02. The van der Waals surface area contributed by atoms with Gasteiger partial charge in [0, 0.05) is 12.1 Å². The van der Waals surface area contributed by atoms with E-state index in [4.69, 9.17) is 0 Å². The molecule has 1 heterocycles. The van der Waals surface area contributed by atoms with E-state index in [9.17, 15) is 14.0 Å². The number of amides is 2. The van der Waals surface area contributed by atoms with Crippen molar-refractivity contribution in [2.45, 2.75) is 32.0 Å². The van der Waals surface area contributed by atoms with Crippen LogP contribution in [0.2, 0.25) is 0 Å². The molecule has 1 N–H and O–H groups in total. The molecule has 0 saturated carbocycles. The maximum atomic E-state index is 13.3. The summed E-state index contributed by atoms with van der Waals surface area (Å²) in [5.41, 5.74) is 2.28. The number of rotatable bonds is 5. The van der Waals surface area contributed by atoms with E-state index in [0.29, 0.717) is 11.1 Å². The van der Waals surface area contributed by atoms with Crippen LogP contribution in [-0.4, -0.2) is 16.7 Å². The number of fused-ring (bicyclic) bond motifs is 1. The van der Waals surface area contributed by atoms with Gasteiger partial charge in [0.2, 0.25) is 5.91 Å². The minimum Gasteiger partial charge on any atom is -0.350 e. The highest BCUT2D eigenvalue weighted by Crippen LogP contribution is 2.43. The molecule has 1 atom stereocenters. The third-order valence-corrected chi connectivity index (χ3v) is 5.67. The van der Waals surface area contributed by atoms with E-state index in [0.717, 1.165) is 11.1 Å². The van der Waals surface area contributed by atoms with E-state index in [2.05, 4.69) is 5.32 Å². The van der Waals surface area contributed by atoms with Crippen molar-refractivity contribution in [2.75, 3.05) is 0 Å². The number of carbonyl (C=O) groups is 2. The molecule has 5 heteroatoms. The van der Waals surface area contributed by atoms with Crippen molar-refractivity contribution >= 4 is 11.8 Å². The fraction of sp³-hybridized carbons (Fsp3) is 0.200. The summed E-state index contributed by atoms with van der Waals surface area (Å²) >= 11 is 0. The summed E-state index contributed by atoms with van der Waals surface area (Å²) in [6, 6.07) is 22.2. The van der Waals surface area contributed by atoms with Gasteiger partial charge in [-0.05, 0) is 48.7 Å². The molecular weight excluding hydrogens is 379 g/mol. The van der Waals surface area contributed by atoms with Crippen molar-refractivity contribution in [2.24, 2.45) is 0 Å². The summed E-state index contributed by atoms with van der Waals surface area (Å²) in [7, 11) is 0. The first-order chi connectivity index (χ1) is 14.4.